The summed E-state index contributed by atoms with van der Waals surface area (Å²) in [4.78, 5) is 4.60. The summed E-state index contributed by atoms with van der Waals surface area (Å²) >= 11 is 6.55. The van der Waals surface area contributed by atoms with Crippen LogP contribution in [0.1, 0.15) is 10.4 Å². The highest BCUT2D eigenvalue weighted by atomic mass is 32.1. The van der Waals surface area contributed by atoms with Crippen molar-refractivity contribution in [1.82, 2.24) is 4.57 Å². The Morgan fingerprint density at radius 1 is 1.37 bits per heavy atom. The highest BCUT2D eigenvalue weighted by Gasteiger charge is 2.11. The van der Waals surface area contributed by atoms with Gasteiger partial charge in [-0.15, -0.1) is 0 Å². The van der Waals surface area contributed by atoms with Crippen molar-refractivity contribution in [2.24, 2.45) is 4.99 Å². The van der Waals surface area contributed by atoms with Gasteiger partial charge in [-0.05, 0) is 31.3 Å². The van der Waals surface area contributed by atoms with Gasteiger partial charge in [-0.25, -0.2) is 0 Å². The van der Waals surface area contributed by atoms with Gasteiger partial charge in [0.15, 0.2) is 3.95 Å². The van der Waals surface area contributed by atoms with Crippen LogP contribution in [-0.4, -0.2) is 34.1 Å². The van der Waals surface area contributed by atoms with Crippen molar-refractivity contribution < 1.29 is 10.2 Å². The highest BCUT2D eigenvalue weighted by Crippen LogP contribution is 2.28. The lowest BCUT2D eigenvalue weighted by atomic mass is 10.2. The smallest absolute Gasteiger partial charge is 0.216 e. The summed E-state index contributed by atoms with van der Waals surface area (Å²) in [6, 6.07) is 7.75. The number of nitrogens with zero attached hydrogens (tertiary/aromatic N) is 2. The van der Waals surface area contributed by atoms with Gasteiger partial charge in [0, 0.05) is 6.21 Å². The predicted octanol–water partition coefficient (Wildman–Crippen LogP) is 2.69. The number of rotatable bonds is 4. The first-order valence-electron chi connectivity index (χ1n) is 5.76. The van der Waals surface area contributed by atoms with Crippen molar-refractivity contribution in [3.8, 4) is 11.6 Å². The fraction of sp³-hybridized carbons (Fsp3) is 0.231. The fourth-order valence-corrected chi connectivity index (χ4v) is 2.84. The van der Waals surface area contributed by atoms with Crippen molar-refractivity contribution in [2.45, 2.75) is 6.92 Å². The second-order valence-electron chi connectivity index (χ2n) is 3.99. The van der Waals surface area contributed by atoms with Gasteiger partial charge in [0.05, 0.1) is 18.8 Å². The summed E-state index contributed by atoms with van der Waals surface area (Å²) in [7, 11) is 0. The highest BCUT2D eigenvalue weighted by molar-refractivity contribution is 7.73. The first kappa shape index (κ1) is 13.9. The van der Waals surface area contributed by atoms with Crippen molar-refractivity contribution in [3.05, 3.63) is 38.7 Å². The fourth-order valence-electron chi connectivity index (χ4n) is 1.59. The third kappa shape index (κ3) is 3.09. The van der Waals surface area contributed by atoms with Crippen molar-refractivity contribution in [2.75, 3.05) is 13.2 Å². The molecule has 2 aromatic rings. The zero-order valence-electron chi connectivity index (χ0n) is 10.4. The Labute approximate surface area is 120 Å². The molecule has 0 unspecified atom stereocenters. The number of benzene rings is 1. The van der Waals surface area contributed by atoms with E-state index in [9.17, 15) is 5.11 Å². The van der Waals surface area contributed by atoms with E-state index in [1.54, 1.807) is 4.57 Å². The largest absolute Gasteiger partial charge is 0.493 e. The summed E-state index contributed by atoms with van der Waals surface area (Å²) in [6.07, 6.45) is 1.54. The van der Waals surface area contributed by atoms with Crippen molar-refractivity contribution >= 4 is 29.8 Å². The van der Waals surface area contributed by atoms with E-state index >= 15 is 0 Å². The molecule has 100 valence electrons. The van der Waals surface area contributed by atoms with Gasteiger partial charge in [0.2, 0.25) is 5.88 Å². The third-order valence-corrected chi connectivity index (χ3v) is 3.84. The summed E-state index contributed by atoms with van der Waals surface area (Å²) in [6.45, 7) is 2.31. The normalized spacial score (nSPS) is 11.3. The van der Waals surface area contributed by atoms with E-state index in [-0.39, 0.29) is 12.5 Å². The molecule has 0 saturated carbocycles. The predicted molar refractivity (Wildman–Crippen MR) is 80.4 cm³/mol. The van der Waals surface area contributed by atoms with E-state index in [1.165, 1.54) is 17.6 Å². The Morgan fingerprint density at radius 2 is 2.05 bits per heavy atom. The molecule has 0 aliphatic rings. The van der Waals surface area contributed by atoms with Crippen LogP contribution in [0.15, 0.2) is 29.3 Å². The van der Waals surface area contributed by atoms with Crippen LogP contribution in [0, 0.1) is 10.9 Å². The lowest BCUT2D eigenvalue weighted by molar-refractivity contribution is 0.307. The zero-order valence-corrected chi connectivity index (χ0v) is 12.0. The summed E-state index contributed by atoms with van der Waals surface area (Å²) in [5.41, 5.74) is 1.97. The zero-order chi connectivity index (χ0) is 13.8. The molecule has 6 heteroatoms. The first-order chi connectivity index (χ1) is 9.13. The van der Waals surface area contributed by atoms with Crippen LogP contribution < -0.4 is 0 Å². The number of hydrogen-bond acceptors (Lipinski definition) is 5. The molecule has 0 fully saturated rings. The van der Waals surface area contributed by atoms with E-state index in [0.717, 1.165) is 11.3 Å². The quantitative estimate of drug-likeness (QED) is 0.673. The van der Waals surface area contributed by atoms with E-state index in [0.29, 0.717) is 15.4 Å². The third-order valence-electron chi connectivity index (χ3n) is 2.54. The summed E-state index contributed by atoms with van der Waals surface area (Å²) in [5.74, 6) is 0.0838. The number of thiazole rings is 1. The number of aliphatic hydroxyl groups is 1. The van der Waals surface area contributed by atoms with Gasteiger partial charge in [-0.3, -0.25) is 9.56 Å². The molecule has 1 aromatic heterocycles. The van der Waals surface area contributed by atoms with Crippen LogP contribution in [-0.2, 0) is 0 Å². The van der Waals surface area contributed by atoms with Crippen LogP contribution in [0.25, 0.3) is 5.69 Å². The van der Waals surface area contributed by atoms with Gasteiger partial charge in [0.1, 0.15) is 4.88 Å². The number of aromatic nitrogens is 1. The standard InChI is InChI=1S/C13H14N2O2S2/c1-9-2-4-10(5-3-9)15-12(17)11(19-13(15)18)8-14-6-7-16/h2-5,8,16-17H,6-7H2,1H3. The summed E-state index contributed by atoms with van der Waals surface area (Å²) < 4.78 is 2.17. The summed E-state index contributed by atoms with van der Waals surface area (Å²) in [5, 5.41) is 18.9. The van der Waals surface area contributed by atoms with E-state index in [4.69, 9.17) is 17.3 Å². The number of aliphatic imine (C=N–C) groups is 1. The number of aromatic hydroxyl groups is 1. The second-order valence-corrected chi connectivity index (χ2v) is 5.66. The Bertz CT molecular complexity index is 642. The van der Waals surface area contributed by atoms with Gasteiger partial charge in [-0.2, -0.15) is 0 Å². The SMILES string of the molecule is Cc1ccc(-n2c(O)c(C=NCCO)sc2=S)cc1. The number of aryl methyl sites for hydroxylation is 1. The second kappa shape index (κ2) is 6.10. The lowest BCUT2D eigenvalue weighted by Gasteiger charge is -2.04. The molecule has 1 heterocycles. The molecule has 0 aliphatic carbocycles. The minimum Gasteiger partial charge on any atom is -0.493 e. The van der Waals surface area contributed by atoms with E-state index in [2.05, 4.69) is 4.99 Å². The minimum atomic E-state index is -0.0126. The molecule has 2 rings (SSSR count). The molecule has 0 bridgehead atoms. The molecule has 0 amide bonds. The van der Waals surface area contributed by atoms with Crippen LogP contribution in [0.3, 0.4) is 0 Å². The molecule has 4 nitrogen and oxygen atoms in total. The number of hydrogen-bond donors (Lipinski definition) is 2. The number of aliphatic hydroxyl groups excluding tert-OH is 1. The Balaban J connectivity index is 2.42. The molecule has 0 radical (unpaired) electrons. The average Bonchev–Trinajstić information content (AvgIpc) is 2.67. The molecule has 0 atom stereocenters. The minimum absolute atomic E-state index is 0.0126. The van der Waals surface area contributed by atoms with Gasteiger partial charge >= 0.3 is 0 Å². The van der Waals surface area contributed by atoms with Gasteiger partial charge in [0.25, 0.3) is 0 Å². The molecular formula is C13H14N2O2S2. The first-order valence-corrected chi connectivity index (χ1v) is 6.98. The topological polar surface area (TPSA) is 57.8 Å². The maximum atomic E-state index is 10.2. The van der Waals surface area contributed by atoms with Crippen molar-refractivity contribution in [3.63, 3.8) is 0 Å². The maximum absolute atomic E-state index is 10.2. The van der Waals surface area contributed by atoms with Gasteiger partial charge in [-0.1, -0.05) is 29.0 Å². The van der Waals surface area contributed by atoms with Crippen LogP contribution in [0.4, 0.5) is 0 Å². The molecule has 2 N–H and O–H groups in total. The van der Waals surface area contributed by atoms with E-state index in [1.807, 2.05) is 31.2 Å². The van der Waals surface area contributed by atoms with Crippen LogP contribution in [0.2, 0.25) is 0 Å². The van der Waals surface area contributed by atoms with E-state index < -0.39 is 0 Å². The van der Waals surface area contributed by atoms with Gasteiger partial charge < -0.3 is 10.2 Å². The molecule has 0 saturated heterocycles. The molecule has 0 spiro atoms. The lowest BCUT2D eigenvalue weighted by Crippen LogP contribution is -1.94. The monoisotopic (exact) mass is 294 g/mol. The molecule has 19 heavy (non-hydrogen) atoms. The average molecular weight is 294 g/mol. The Morgan fingerprint density at radius 3 is 2.68 bits per heavy atom. The Hall–Kier alpha value is -1.50. The van der Waals surface area contributed by atoms with Crippen LogP contribution in [0.5, 0.6) is 5.88 Å². The maximum Gasteiger partial charge on any atom is 0.216 e. The molecule has 1 aromatic carbocycles. The molecule has 0 aliphatic heterocycles. The molecular weight excluding hydrogens is 280 g/mol. The van der Waals surface area contributed by atoms with Crippen LogP contribution >= 0.6 is 23.6 Å². The van der Waals surface area contributed by atoms with Crippen molar-refractivity contribution in [1.29, 1.82) is 0 Å². The Kier molecular flexibility index (Phi) is 4.47.